The quantitative estimate of drug-likeness (QED) is 0.257. The largest absolute Gasteiger partial charge is 0.489 e. The summed E-state index contributed by atoms with van der Waals surface area (Å²) in [6.07, 6.45) is 0. The van der Waals surface area contributed by atoms with Crippen molar-refractivity contribution in [2.75, 3.05) is 0 Å². The zero-order valence-electron chi connectivity index (χ0n) is 20.6. The Kier molecular flexibility index (Phi) is 5.38. The topological polar surface area (TPSA) is 114 Å². The smallest absolute Gasteiger partial charge is 0.354 e. The highest BCUT2D eigenvalue weighted by Gasteiger charge is 2.23. The van der Waals surface area contributed by atoms with Gasteiger partial charge in [0.25, 0.3) is 5.69 Å². The normalized spacial score (nSPS) is 12.8. The third kappa shape index (κ3) is 3.74. The second-order valence-electron chi connectivity index (χ2n) is 9.24. The number of carbonyl (C=O) groups is 1. The third-order valence-electron chi connectivity index (χ3n) is 6.94. The fraction of sp³-hybridized carbons (Fsp3) is 0.100. The Labute approximate surface area is 216 Å². The number of para-hydroxylation sites is 1. The SMILES string of the molecule is CC1=c2c(cc3c(c2C)N=c2c(-c4cccc(OCc5ccc([N+](=O)[O-])cc5)c4)cccc2=3)N=C1C(=O)O. The molecule has 0 fully saturated rings. The standard InChI is InChI=1S/C30H21N3O5/c1-16-26-17(2)28(30(34)35)31-25(26)14-24-23-8-4-7-22(29(23)32-27(16)24)19-5-3-6-21(13-19)38-15-18-9-11-20(12-10-18)33(36)37/h3-14H,15H2,1-2H3,(H,34,35). The van der Waals surface area contributed by atoms with Crippen molar-refractivity contribution in [2.24, 2.45) is 9.98 Å². The number of nitro groups is 1. The number of fused-ring (bicyclic) bond motifs is 3. The lowest BCUT2D eigenvalue weighted by Gasteiger charge is -2.09. The molecule has 0 spiro atoms. The van der Waals surface area contributed by atoms with E-state index >= 15 is 0 Å². The number of non-ortho nitro benzene ring substituents is 1. The third-order valence-corrected chi connectivity index (χ3v) is 6.94. The van der Waals surface area contributed by atoms with Crippen LogP contribution in [0.15, 0.2) is 82.8 Å². The lowest BCUT2D eigenvalue weighted by molar-refractivity contribution is -0.384. The minimum absolute atomic E-state index is 0.0427. The van der Waals surface area contributed by atoms with Gasteiger partial charge in [0.2, 0.25) is 0 Å². The molecule has 0 radical (unpaired) electrons. The molecule has 0 unspecified atom stereocenters. The van der Waals surface area contributed by atoms with Crippen molar-refractivity contribution in [2.45, 2.75) is 20.5 Å². The average molecular weight is 504 g/mol. The molecule has 6 rings (SSSR count). The summed E-state index contributed by atoms with van der Waals surface area (Å²) in [5.41, 5.74) is 5.90. The van der Waals surface area contributed by atoms with Crippen molar-refractivity contribution in [3.8, 4) is 16.9 Å². The van der Waals surface area contributed by atoms with E-state index in [1.807, 2.05) is 55.5 Å². The number of aliphatic carboxylic acids is 1. The van der Waals surface area contributed by atoms with Crippen LogP contribution in [0.1, 0.15) is 18.1 Å². The highest BCUT2D eigenvalue weighted by atomic mass is 16.6. The highest BCUT2D eigenvalue weighted by molar-refractivity contribution is 6.52. The van der Waals surface area contributed by atoms with E-state index < -0.39 is 10.9 Å². The van der Waals surface area contributed by atoms with E-state index in [0.29, 0.717) is 17.0 Å². The number of hydrogen-bond acceptors (Lipinski definition) is 6. The summed E-state index contributed by atoms with van der Waals surface area (Å²) in [5, 5.41) is 24.0. The Hall–Kier alpha value is -5.11. The second kappa shape index (κ2) is 8.77. The highest BCUT2D eigenvalue weighted by Crippen LogP contribution is 2.30. The summed E-state index contributed by atoms with van der Waals surface area (Å²) in [6, 6.07) is 22.0. The van der Waals surface area contributed by atoms with Crippen LogP contribution in [-0.2, 0) is 11.4 Å². The maximum absolute atomic E-state index is 11.6. The maximum atomic E-state index is 11.6. The molecule has 1 N–H and O–H groups in total. The first-order valence-electron chi connectivity index (χ1n) is 12.0. The summed E-state index contributed by atoms with van der Waals surface area (Å²) < 4.78 is 5.98. The minimum Gasteiger partial charge on any atom is -0.489 e. The van der Waals surface area contributed by atoms with Gasteiger partial charge < -0.3 is 9.84 Å². The Morgan fingerprint density at radius 1 is 0.974 bits per heavy atom. The summed E-state index contributed by atoms with van der Waals surface area (Å²) >= 11 is 0. The number of carboxylic acids is 1. The number of ether oxygens (including phenoxy) is 1. The van der Waals surface area contributed by atoms with Gasteiger partial charge in [-0.05, 0) is 66.4 Å². The van der Waals surface area contributed by atoms with E-state index in [9.17, 15) is 20.0 Å². The molecule has 38 heavy (non-hydrogen) atoms. The predicted molar refractivity (Wildman–Crippen MR) is 142 cm³/mol. The molecule has 2 aliphatic rings. The van der Waals surface area contributed by atoms with E-state index in [2.05, 4.69) is 4.99 Å². The molecule has 8 heteroatoms. The molecule has 0 saturated carbocycles. The predicted octanol–water partition coefficient (Wildman–Crippen LogP) is 5.04. The van der Waals surface area contributed by atoms with Crippen molar-refractivity contribution in [1.29, 1.82) is 0 Å². The molecule has 0 saturated heterocycles. The molecule has 0 aromatic heterocycles. The number of rotatable bonds is 6. The van der Waals surface area contributed by atoms with Crippen molar-refractivity contribution in [1.82, 2.24) is 0 Å². The van der Waals surface area contributed by atoms with E-state index in [1.165, 1.54) is 12.1 Å². The monoisotopic (exact) mass is 503 g/mol. The second-order valence-corrected chi connectivity index (χ2v) is 9.24. The van der Waals surface area contributed by atoms with E-state index in [0.717, 1.165) is 49.0 Å². The Morgan fingerprint density at radius 3 is 2.47 bits per heavy atom. The fourth-order valence-electron chi connectivity index (χ4n) is 5.09. The Bertz CT molecular complexity index is 1940. The first-order valence-corrected chi connectivity index (χ1v) is 12.0. The van der Waals surface area contributed by atoms with Crippen LogP contribution in [0.2, 0.25) is 0 Å². The number of aliphatic imine (C=N–C) groups is 1. The van der Waals surface area contributed by atoms with Crippen LogP contribution in [-0.4, -0.2) is 21.7 Å². The number of nitro benzene ring substituents is 1. The zero-order valence-corrected chi connectivity index (χ0v) is 20.6. The molecule has 2 aliphatic heterocycles. The molecule has 8 nitrogen and oxygen atoms in total. The molecule has 0 aliphatic carbocycles. The lowest BCUT2D eigenvalue weighted by Crippen LogP contribution is -2.16. The number of benzene rings is 4. The van der Waals surface area contributed by atoms with E-state index in [4.69, 9.17) is 9.73 Å². The van der Waals surface area contributed by atoms with Gasteiger partial charge in [-0.2, -0.15) is 0 Å². The summed E-state index contributed by atoms with van der Waals surface area (Å²) in [7, 11) is 0. The van der Waals surface area contributed by atoms with Crippen molar-refractivity contribution < 1.29 is 19.6 Å². The van der Waals surface area contributed by atoms with Crippen LogP contribution in [0.4, 0.5) is 17.1 Å². The summed E-state index contributed by atoms with van der Waals surface area (Å²) in [6.45, 7) is 4.03. The number of nitrogens with zero attached hydrogens (tertiary/aromatic N) is 3. The van der Waals surface area contributed by atoms with Gasteiger partial charge in [-0.3, -0.25) is 10.1 Å². The van der Waals surface area contributed by atoms with Gasteiger partial charge in [-0.15, -0.1) is 0 Å². The maximum Gasteiger partial charge on any atom is 0.354 e. The van der Waals surface area contributed by atoms with Crippen LogP contribution in [0.25, 0.3) is 16.7 Å². The van der Waals surface area contributed by atoms with E-state index in [-0.39, 0.29) is 18.0 Å². The molecule has 0 atom stereocenters. The molecule has 186 valence electrons. The average Bonchev–Trinajstić information content (AvgIpc) is 3.46. The van der Waals surface area contributed by atoms with Gasteiger partial charge in [0.1, 0.15) is 12.4 Å². The molecule has 4 aromatic rings. The molecule has 0 amide bonds. The molecular formula is C30H21N3O5. The van der Waals surface area contributed by atoms with Crippen molar-refractivity contribution in [3.63, 3.8) is 0 Å². The van der Waals surface area contributed by atoms with Crippen LogP contribution in [0.5, 0.6) is 5.75 Å². The molecule has 4 aromatic carbocycles. The van der Waals surface area contributed by atoms with E-state index in [1.54, 1.807) is 19.1 Å². The zero-order chi connectivity index (χ0) is 26.6. The lowest BCUT2D eigenvalue weighted by atomic mass is 10.0. The summed E-state index contributed by atoms with van der Waals surface area (Å²) in [5.74, 6) is -0.363. The minimum atomic E-state index is -1.03. The van der Waals surface area contributed by atoms with Gasteiger partial charge in [-0.25, -0.2) is 14.8 Å². The van der Waals surface area contributed by atoms with Crippen LogP contribution in [0.3, 0.4) is 0 Å². The van der Waals surface area contributed by atoms with Crippen molar-refractivity contribution in [3.05, 3.63) is 115 Å². The Balaban J connectivity index is 1.38. The van der Waals surface area contributed by atoms with Gasteiger partial charge in [-0.1, -0.05) is 30.3 Å². The van der Waals surface area contributed by atoms with Gasteiger partial charge in [0.05, 0.1) is 21.7 Å². The van der Waals surface area contributed by atoms with Gasteiger partial charge >= 0.3 is 5.97 Å². The number of carboxylic acid groups (broad SMARTS) is 1. The Morgan fingerprint density at radius 2 is 1.74 bits per heavy atom. The number of hydrogen-bond donors (Lipinski definition) is 1. The first-order chi connectivity index (χ1) is 18.3. The van der Waals surface area contributed by atoms with Crippen molar-refractivity contribution >= 4 is 34.3 Å². The summed E-state index contributed by atoms with van der Waals surface area (Å²) in [4.78, 5) is 31.5. The molecule has 0 bridgehead atoms. The van der Waals surface area contributed by atoms with Crippen LogP contribution >= 0.6 is 0 Å². The molecule has 2 heterocycles. The van der Waals surface area contributed by atoms with Crippen LogP contribution in [0, 0.1) is 27.5 Å². The van der Waals surface area contributed by atoms with Crippen LogP contribution < -0.4 is 15.3 Å². The van der Waals surface area contributed by atoms with Gasteiger partial charge in [0, 0.05) is 33.4 Å². The molecular weight excluding hydrogens is 482 g/mol. The fourth-order valence-corrected chi connectivity index (χ4v) is 5.09. The van der Waals surface area contributed by atoms with Gasteiger partial charge in [0.15, 0.2) is 5.71 Å². The first kappa shape index (κ1) is 23.3.